The van der Waals surface area contributed by atoms with Crippen LogP contribution in [0.15, 0.2) is 17.1 Å². The molecule has 160 valence electrons. The fourth-order valence-electron chi connectivity index (χ4n) is 2.77. The summed E-state index contributed by atoms with van der Waals surface area (Å²) in [7, 11) is 6.70. The molecule has 0 amide bonds. The number of benzene rings is 1. The lowest BCUT2D eigenvalue weighted by molar-refractivity contribution is 0.123. The molecule has 0 heterocycles. The summed E-state index contributed by atoms with van der Waals surface area (Å²) < 4.78 is 21.9. The molecule has 8 heteroatoms. The number of guanidine groups is 1. The number of hydrogen-bond donors (Lipinski definition) is 2. The van der Waals surface area contributed by atoms with Crippen LogP contribution in [0.4, 0.5) is 0 Å². The topological polar surface area (TPSA) is 73.3 Å². The average Bonchev–Trinajstić information content (AvgIpc) is 3.53. The van der Waals surface area contributed by atoms with E-state index in [0.29, 0.717) is 12.3 Å². The Morgan fingerprint density at radius 1 is 1.04 bits per heavy atom. The lowest BCUT2D eigenvalue weighted by atomic mass is 10.1. The minimum absolute atomic E-state index is 0. The molecule has 1 aromatic rings. The Bertz CT molecular complexity index is 584. The van der Waals surface area contributed by atoms with Gasteiger partial charge in [-0.05, 0) is 31.6 Å². The van der Waals surface area contributed by atoms with E-state index in [0.717, 1.165) is 61.5 Å². The molecule has 1 aromatic carbocycles. The second-order valence-corrected chi connectivity index (χ2v) is 6.56. The molecular weight excluding hydrogens is 473 g/mol. The van der Waals surface area contributed by atoms with Gasteiger partial charge in [-0.1, -0.05) is 0 Å². The molecule has 0 radical (unpaired) electrons. The standard InChI is InChI=1S/C20H33N3O4.HI/c1-21-20(22-9-5-11-27-14-15-6-7-15)23-10-8-17-18(25-3)12-16(24-2)13-19(17)26-4;/h12-13,15H,5-11,14H2,1-4H3,(H2,21,22,23);1H. The molecule has 1 aliphatic carbocycles. The van der Waals surface area contributed by atoms with Crippen molar-refractivity contribution in [1.29, 1.82) is 0 Å². The molecule has 1 saturated carbocycles. The molecule has 28 heavy (non-hydrogen) atoms. The SMILES string of the molecule is CN=C(NCCCOCC1CC1)NCCc1c(OC)cc(OC)cc1OC.I. The van der Waals surface area contributed by atoms with Crippen molar-refractivity contribution in [3.8, 4) is 17.2 Å². The van der Waals surface area contributed by atoms with E-state index in [4.69, 9.17) is 18.9 Å². The van der Waals surface area contributed by atoms with Crippen molar-refractivity contribution in [2.75, 3.05) is 54.7 Å². The van der Waals surface area contributed by atoms with Crippen molar-refractivity contribution in [2.45, 2.75) is 25.7 Å². The van der Waals surface area contributed by atoms with E-state index in [1.165, 1.54) is 12.8 Å². The van der Waals surface area contributed by atoms with Crippen molar-refractivity contribution in [1.82, 2.24) is 10.6 Å². The molecule has 0 saturated heterocycles. The Labute approximate surface area is 185 Å². The van der Waals surface area contributed by atoms with E-state index < -0.39 is 0 Å². The highest BCUT2D eigenvalue weighted by atomic mass is 127. The first-order chi connectivity index (χ1) is 13.2. The maximum Gasteiger partial charge on any atom is 0.190 e. The fraction of sp³-hybridized carbons (Fsp3) is 0.650. The lowest BCUT2D eigenvalue weighted by Crippen LogP contribution is -2.39. The Morgan fingerprint density at radius 3 is 2.21 bits per heavy atom. The summed E-state index contributed by atoms with van der Waals surface area (Å²) in [5.41, 5.74) is 0.997. The highest BCUT2D eigenvalue weighted by molar-refractivity contribution is 14.0. The molecule has 0 bridgehead atoms. The number of hydrogen-bond acceptors (Lipinski definition) is 5. The van der Waals surface area contributed by atoms with Crippen LogP contribution >= 0.6 is 24.0 Å². The van der Waals surface area contributed by atoms with Gasteiger partial charge < -0.3 is 29.6 Å². The fourth-order valence-corrected chi connectivity index (χ4v) is 2.77. The zero-order chi connectivity index (χ0) is 19.5. The maximum atomic E-state index is 5.64. The number of nitrogens with one attached hydrogen (secondary N) is 2. The van der Waals surface area contributed by atoms with E-state index in [2.05, 4.69) is 15.6 Å². The number of rotatable bonds is 12. The van der Waals surface area contributed by atoms with Crippen LogP contribution in [0.3, 0.4) is 0 Å². The average molecular weight is 507 g/mol. The van der Waals surface area contributed by atoms with Crippen LogP contribution in [-0.4, -0.2) is 60.6 Å². The van der Waals surface area contributed by atoms with Crippen molar-refractivity contribution in [2.24, 2.45) is 10.9 Å². The van der Waals surface area contributed by atoms with Gasteiger partial charge in [-0.3, -0.25) is 4.99 Å². The Morgan fingerprint density at radius 2 is 1.68 bits per heavy atom. The van der Waals surface area contributed by atoms with Gasteiger partial charge in [-0.2, -0.15) is 0 Å². The first-order valence-electron chi connectivity index (χ1n) is 9.53. The van der Waals surface area contributed by atoms with Crippen LogP contribution in [0.25, 0.3) is 0 Å². The molecule has 1 fully saturated rings. The third-order valence-electron chi connectivity index (χ3n) is 4.52. The minimum atomic E-state index is 0. The van der Waals surface area contributed by atoms with E-state index in [9.17, 15) is 0 Å². The predicted molar refractivity (Wildman–Crippen MR) is 123 cm³/mol. The maximum absolute atomic E-state index is 5.64. The second-order valence-electron chi connectivity index (χ2n) is 6.56. The van der Waals surface area contributed by atoms with Crippen LogP contribution in [0, 0.1) is 5.92 Å². The van der Waals surface area contributed by atoms with Crippen LogP contribution < -0.4 is 24.8 Å². The van der Waals surface area contributed by atoms with Crippen molar-refractivity contribution < 1.29 is 18.9 Å². The number of methoxy groups -OCH3 is 3. The van der Waals surface area contributed by atoms with Crippen molar-refractivity contribution >= 4 is 29.9 Å². The summed E-state index contributed by atoms with van der Waals surface area (Å²) in [6.07, 6.45) is 4.37. The molecule has 0 aromatic heterocycles. The smallest absolute Gasteiger partial charge is 0.190 e. The monoisotopic (exact) mass is 507 g/mol. The van der Waals surface area contributed by atoms with Gasteiger partial charge in [-0.25, -0.2) is 0 Å². The van der Waals surface area contributed by atoms with E-state index in [1.807, 2.05) is 12.1 Å². The van der Waals surface area contributed by atoms with Gasteiger partial charge in [0, 0.05) is 51.0 Å². The number of halogens is 1. The molecule has 1 aliphatic rings. The Kier molecular flexibility index (Phi) is 12.1. The summed E-state index contributed by atoms with van der Waals surface area (Å²) in [5, 5.41) is 6.64. The van der Waals surface area contributed by atoms with Crippen LogP contribution in [0.1, 0.15) is 24.8 Å². The quantitative estimate of drug-likeness (QED) is 0.196. The molecule has 0 aliphatic heterocycles. The molecule has 2 N–H and O–H groups in total. The molecular formula is C20H34IN3O4. The zero-order valence-corrected chi connectivity index (χ0v) is 19.7. The van der Waals surface area contributed by atoms with Gasteiger partial charge in [0.25, 0.3) is 0 Å². The van der Waals surface area contributed by atoms with Gasteiger partial charge in [0.1, 0.15) is 17.2 Å². The highest BCUT2D eigenvalue weighted by Crippen LogP contribution is 2.34. The van der Waals surface area contributed by atoms with Crippen LogP contribution in [-0.2, 0) is 11.2 Å². The summed E-state index contributed by atoms with van der Waals surface area (Å²) in [6.45, 7) is 3.25. The van der Waals surface area contributed by atoms with Gasteiger partial charge >= 0.3 is 0 Å². The van der Waals surface area contributed by atoms with E-state index in [-0.39, 0.29) is 24.0 Å². The highest BCUT2D eigenvalue weighted by Gasteiger charge is 2.20. The van der Waals surface area contributed by atoms with Crippen molar-refractivity contribution in [3.63, 3.8) is 0 Å². The van der Waals surface area contributed by atoms with E-state index >= 15 is 0 Å². The summed E-state index contributed by atoms with van der Waals surface area (Å²) in [5.74, 6) is 3.82. The second kappa shape index (κ2) is 13.7. The molecule has 0 spiro atoms. The minimum Gasteiger partial charge on any atom is -0.496 e. The molecule has 0 atom stereocenters. The normalized spacial score (nSPS) is 13.5. The number of nitrogens with zero attached hydrogens (tertiary/aromatic N) is 1. The van der Waals surface area contributed by atoms with Gasteiger partial charge in [0.15, 0.2) is 5.96 Å². The predicted octanol–water partition coefficient (Wildman–Crippen LogP) is 2.85. The van der Waals surface area contributed by atoms with Crippen molar-refractivity contribution in [3.05, 3.63) is 17.7 Å². The largest absolute Gasteiger partial charge is 0.496 e. The van der Waals surface area contributed by atoms with E-state index in [1.54, 1.807) is 28.4 Å². The van der Waals surface area contributed by atoms with Gasteiger partial charge in [0.2, 0.25) is 0 Å². The first kappa shape index (κ1) is 24.6. The van der Waals surface area contributed by atoms with Gasteiger partial charge in [0.05, 0.1) is 21.3 Å². The molecule has 0 unspecified atom stereocenters. The molecule has 7 nitrogen and oxygen atoms in total. The summed E-state index contributed by atoms with van der Waals surface area (Å²) >= 11 is 0. The first-order valence-corrected chi connectivity index (χ1v) is 9.53. The summed E-state index contributed by atoms with van der Waals surface area (Å²) in [4.78, 5) is 4.26. The number of ether oxygens (including phenoxy) is 4. The zero-order valence-electron chi connectivity index (χ0n) is 17.4. The Balaban J connectivity index is 0.00000392. The van der Waals surface area contributed by atoms with Crippen LogP contribution in [0.2, 0.25) is 0 Å². The third kappa shape index (κ3) is 8.30. The van der Waals surface area contributed by atoms with Crippen LogP contribution in [0.5, 0.6) is 17.2 Å². The molecule has 2 rings (SSSR count). The van der Waals surface area contributed by atoms with Gasteiger partial charge in [-0.15, -0.1) is 24.0 Å². The number of aliphatic imine (C=N–C) groups is 1. The summed E-state index contributed by atoms with van der Waals surface area (Å²) in [6, 6.07) is 3.74. The third-order valence-corrected chi connectivity index (χ3v) is 4.52. The Hall–Kier alpha value is -1.42. The lowest BCUT2D eigenvalue weighted by Gasteiger charge is -2.16.